The molecule has 2 N–H and O–H groups in total. The third-order valence-electron chi connectivity index (χ3n) is 4.89. The van der Waals surface area contributed by atoms with Crippen molar-refractivity contribution in [1.82, 2.24) is 15.3 Å². The number of amides is 1. The third kappa shape index (κ3) is 6.39. The van der Waals surface area contributed by atoms with Gasteiger partial charge in [0.15, 0.2) is 11.6 Å². The molecule has 1 aliphatic rings. The molecule has 2 aromatic rings. The molecule has 1 aromatic carbocycles. The van der Waals surface area contributed by atoms with E-state index in [1.165, 1.54) is 13.2 Å². The van der Waals surface area contributed by atoms with E-state index < -0.39 is 35.4 Å². The topological polar surface area (TPSA) is 103 Å². The van der Waals surface area contributed by atoms with Gasteiger partial charge in [-0.15, -0.1) is 13.2 Å². The number of carbonyl (C=O) groups excluding carboxylic acids is 1. The summed E-state index contributed by atoms with van der Waals surface area (Å²) >= 11 is 0. The molecule has 12 heteroatoms. The molecule has 0 spiro atoms. The summed E-state index contributed by atoms with van der Waals surface area (Å²) < 4.78 is 65.1. The number of H-pyrrole nitrogens is 1. The Labute approximate surface area is 185 Å². The summed E-state index contributed by atoms with van der Waals surface area (Å²) in [6, 6.07) is 2.84. The molecule has 2 unspecified atom stereocenters. The van der Waals surface area contributed by atoms with Gasteiger partial charge in [0.2, 0.25) is 0 Å². The SMILES string of the molecule is COCC(NC(=O)c1cc(=O)[nH]c(C2=CC(OC)CC2)n1)c1ccc(OC(F)(F)F)c(F)c1. The minimum Gasteiger partial charge on any atom is -0.403 e. The maximum absolute atomic E-state index is 14.1. The number of carbonyl (C=O) groups is 1. The first-order chi connectivity index (χ1) is 15.6. The van der Waals surface area contributed by atoms with Gasteiger partial charge in [-0.25, -0.2) is 9.37 Å². The zero-order valence-corrected chi connectivity index (χ0v) is 17.7. The highest BCUT2D eigenvalue weighted by molar-refractivity contribution is 5.92. The Kier molecular flexibility index (Phi) is 7.49. The molecule has 0 radical (unpaired) electrons. The van der Waals surface area contributed by atoms with Crippen molar-refractivity contribution in [1.29, 1.82) is 0 Å². The second kappa shape index (κ2) is 10.1. The van der Waals surface area contributed by atoms with Crippen LogP contribution in [0.5, 0.6) is 5.75 Å². The predicted molar refractivity (Wildman–Crippen MR) is 108 cm³/mol. The van der Waals surface area contributed by atoms with Crippen molar-refractivity contribution < 1.29 is 36.6 Å². The van der Waals surface area contributed by atoms with E-state index in [1.807, 2.05) is 0 Å². The number of ether oxygens (including phenoxy) is 3. The number of rotatable bonds is 8. The van der Waals surface area contributed by atoms with Gasteiger partial charge in [0, 0.05) is 20.3 Å². The van der Waals surface area contributed by atoms with Crippen LogP contribution in [0.1, 0.15) is 40.8 Å². The molecular weight excluding hydrogens is 450 g/mol. The average Bonchev–Trinajstić information content (AvgIpc) is 3.23. The number of aromatic nitrogens is 2. The lowest BCUT2D eigenvalue weighted by Crippen LogP contribution is -2.33. The van der Waals surface area contributed by atoms with Crippen molar-refractivity contribution in [3.8, 4) is 5.75 Å². The summed E-state index contributed by atoms with van der Waals surface area (Å²) in [6.07, 6.45) is -2.05. The second-order valence-electron chi connectivity index (χ2n) is 7.20. The molecule has 0 saturated carbocycles. The van der Waals surface area contributed by atoms with Crippen LogP contribution in [0.3, 0.4) is 0 Å². The summed E-state index contributed by atoms with van der Waals surface area (Å²) in [4.78, 5) is 31.7. The number of aromatic amines is 1. The molecule has 0 saturated heterocycles. The average molecular weight is 471 g/mol. The fraction of sp³-hybridized carbons (Fsp3) is 0.381. The zero-order chi connectivity index (χ0) is 24.2. The van der Waals surface area contributed by atoms with Crippen molar-refractivity contribution in [2.75, 3.05) is 20.8 Å². The first-order valence-electron chi connectivity index (χ1n) is 9.80. The number of alkyl halides is 3. The quantitative estimate of drug-likeness (QED) is 0.574. The summed E-state index contributed by atoms with van der Waals surface area (Å²) in [5.41, 5.74) is 0.122. The van der Waals surface area contributed by atoms with Crippen molar-refractivity contribution in [2.24, 2.45) is 0 Å². The monoisotopic (exact) mass is 471 g/mol. The molecule has 0 bridgehead atoms. The molecule has 1 aliphatic carbocycles. The van der Waals surface area contributed by atoms with E-state index in [4.69, 9.17) is 9.47 Å². The van der Waals surface area contributed by atoms with Gasteiger partial charge in [0.25, 0.3) is 11.5 Å². The Morgan fingerprint density at radius 3 is 2.67 bits per heavy atom. The zero-order valence-electron chi connectivity index (χ0n) is 17.7. The molecule has 0 fully saturated rings. The molecular formula is C21H21F4N3O5. The van der Waals surface area contributed by atoms with E-state index in [0.717, 1.165) is 23.8 Å². The highest BCUT2D eigenvalue weighted by Crippen LogP contribution is 2.29. The summed E-state index contributed by atoms with van der Waals surface area (Å²) in [7, 11) is 2.89. The maximum atomic E-state index is 14.1. The standard InChI is InChI=1S/C21H21F4N3O5/c1-31-10-16(11-4-6-17(14(22)8-11)33-21(23,24)25)27-20(30)15-9-18(29)28-19(26-15)12-3-5-13(7-12)32-2/h4,6-9,13,16H,3,5,10H2,1-2H3,(H,27,30)(H,26,28,29). The van der Waals surface area contributed by atoms with E-state index in [1.54, 1.807) is 13.2 Å². The van der Waals surface area contributed by atoms with Crippen LogP contribution in [-0.4, -0.2) is 49.2 Å². The largest absolute Gasteiger partial charge is 0.573 e. The van der Waals surface area contributed by atoms with Crippen molar-refractivity contribution >= 4 is 11.5 Å². The number of benzene rings is 1. The Morgan fingerprint density at radius 1 is 1.30 bits per heavy atom. The second-order valence-corrected chi connectivity index (χ2v) is 7.20. The number of allylic oxidation sites excluding steroid dienone is 1. The third-order valence-corrected chi connectivity index (χ3v) is 4.89. The van der Waals surface area contributed by atoms with Crippen LogP contribution in [0.15, 0.2) is 35.1 Å². The van der Waals surface area contributed by atoms with Crippen LogP contribution in [0, 0.1) is 5.82 Å². The summed E-state index contributed by atoms with van der Waals surface area (Å²) in [5.74, 6) is -2.79. The molecule has 1 amide bonds. The molecule has 33 heavy (non-hydrogen) atoms. The van der Waals surface area contributed by atoms with Gasteiger partial charge in [0.1, 0.15) is 11.5 Å². The lowest BCUT2D eigenvalue weighted by Gasteiger charge is -2.19. The van der Waals surface area contributed by atoms with Gasteiger partial charge in [-0.3, -0.25) is 9.59 Å². The lowest BCUT2D eigenvalue weighted by atomic mass is 10.1. The minimum absolute atomic E-state index is 0.118. The van der Waals surface area contributed by atoms with E-state index in [-0.39, 0.29) is 29.8 Å². The molecule has 1 aromatic heterocycles. The lowest BCUT2D eigenvalue weighted by molar-refractivity contribution is -0.275. The number of hydrogen-bond acceptors (Lipinski definition) is 6. The highest BCUT2D eigenvalue weighted by atomic mass is 19.4. The fourth-order valence-electron chi connectivity index (χ4n) is 3.36. The summed E-state index contributed by atoms with van der Waals surface area (Å²) in [5, 5.41) is 2.56. The van der Waals surface area contributed by atoms with Crippen molar-refractivity contribution in [3.63, 3.8) is 0 Å². The fourth-order valence-corrected chi connectivity index (χ4v) is 3.36. The number of nitrogens with one attached hydrogen (secondary N) is 2. The van der Waals surface area contributed by atoms with Gasteiger partial charge in [-0.1, -0.05) is 6.07 Å². The molecule has 178 valence electrons. The van der Waals surface area contributed by atoms with Gasteiger partial charge >= 0.3 is 6.36 Å². The molecule has 2 atom stereocenters. The normalized spacial score (nSPS) is 16.9. The number of methoxy groups -OCH3 is 2. The highest BCUT2D eigenvalue weighted by Gasteiger charge is 2.32. The smallest absolute Gasteiger partial charge is 0.403 e. The molecule has 8 nitrogen and oxygen atoms in total. The number of nitrogens with zero attached hydrogens (tertiary/aromatic N) is 1. The van der Waals surface area contributed by atoms with Crippen molar-refractivity contribution in [2.45, 2.75) is 31.3 Å². The van der Waals surface area contributed by atoms with Gasteiger partial charge in [-0.2, -0.15) is 0 Å². The Bertz CT molecular complexity index is 1100. The first-order valence-corrected chi connectivity index (χ1v) is 9.80. The van der Waals surface area contributed by atoms with E-state index in [0.29, 0.717) is 12.8 Å². The van der Waals surface area contributed by atoms with Gasteiger partial charge in [-0.05, 0) is 42.2 Å². The summed E-state index contributed by atoms with van der Waals surface area (Å²) in [6.45, 7) is -0.124. The Morgan fingerprint density at radius 2 is 2.06 bits per heavy atom. The minimum atomic E-state index is -5.05. The van der Waals surface area contributed by atoms with Gasteiger partial charge < -0.3 is 24.5 Å². The van der Waals surface area contributed by atoms with Crippen molar-refractivity contribution in [3.05, 3.63) is 63.6 Å². The van der Waals surface area contributed by atoms with Crippen LogP contribution in [0.4, 0.5) is 17.6 Å². The van der Waals surface area contributed by atoms with Crippen LogP contribution < -0.4 is 15.6 Å². The van der Waals surface area contributed by atoms with Crippen LogP contribution >= 0.6 is 0 Å². The van der Waals surface area contributed by atoms with Crippen LogP contribution in [0.25, 0.3) is 5.57 Å². The van der Waals surface area contributed by atoms with Crippen LogP contribution in [-0.2, 0) is 9.47 Å². The van der Waals surface area contributed by atoms with E-state index >= 15 is 0 Å². The number of hydrogen-bond donors (Lipinski definition) is 2. The van der Waals surface area contributed by atoms with E-state index in [2.05, 4.69) is 20.0 Å². The number of halogens is 4. The maximum Gasteiger partial charge on any atom is 0.573 e. The Balaban J connectivity index is 1.82. The molecule has 1 heterocycles. The first kappa shape index (κ1) is 24.4. The predicted octanol–water partition coefficient (Wildman–Crippen LogP) is 3.12. The molecule has 0 aliphatic heterocycles. The molecule has 3 rings (SSSR count). The van der Waals surface area contributed by atoms with Gasteiger partial charge in [0.05, 0.1) is 18.8 Å². The Hall–Kier alpha value is -3.25. The van der Waals surface area contributed by atoms with Crippen LogP contribution in [0.2, 0.25) is 0 Å². The van der Waals surface area contributed by atoms with E-state index in [9.17, 15) is 27.2 Å².